The van der Waals surface area contributed by atoms with E-state index in [0.29, 0.717) is 12.1 Å². The molecule has 112 valence electrons. The Morgan fingerprint density at radius 1 is 1.33 bits per heavy atom. The van der Waals surface area contributed by atoms with E-state index in [1.165, 1.54) is 18.2 Å². The molecule has 2 aliphatic heterocycles. The molecule has 1 aromatic carbocycles. The Morgan fingerprint density at radius 3 is 2.57 bits per heavy atom. The molecule has 0 saturated carbocycles. The van der Waals surface area contributed by atoms with Crippen LogP contribution < -0.4 is 10.6 Å². The largest absolute Gasteiger partial charge is 0.349 e. The van der Waals surface area contributed by atoms with Gasteiger partial charge in [0.2, 0.25) is 0 Å². The molecule has 2 bridgehead atoms. The number of carbonyl (C=O) groups excluding carboxylic acids is 1. The third kappa shape index (κ3) is 3.01. The molecule has 2 atom stereocenters. The lowest BCUT2D eigenvalue weighted by molar-refractivity contribution is -0.384. The van der Waals surface area contributed by atoms with E-state index in [4.69, 9.17) is 11.6 Å². The summed E-state index contributed by atoms with van der Waals surface area (Å²) in [4.78, 5) is 22.4. The van der Waals surface area contributed by atoms with Crippen LogP contribution >= 0.6 is 11.6 Å². The van der Waals surface area contributed by atoms with Crippen LogP contribution in [0.25, 0.3) is 0 Å². The summed E-state index contributed by atoms with van der Waals surface area (Å²) in [5, 5.41) is 17.3. The van der Waals surface area contributed by atoms with Gasteiger partial charge in [-0.1, -0.05) is 11.6 Å². The van der Waals surface area contributed by atoms with E-state index in [2.05, 4.69) is 10.6 Å². The van der Waals surface area contributed by atoms with E-state index in [-0.39, 0.29) is 28.2 Å². The predicted molar refractivity (Wildman–Crippen MR) is 78.5 cm³/mol. The third-order valence-corrected chi connectivity index (χ3v) is 4.53. The van der Waals surface area contributed by atoms with Crippen LogP contribution in [0.5, 0.6) is 0 Å². The summed E-state index contributed by atoms with van der Waals surface area (Å²) in [6.45, 7) is 0. The molecule has 2 aliphatic rings. The van der Waals surface area contributed by atoms with Gasteiger partial charge in [-0.05, 0) is 31.7 Å². The van der Waals surface area contributed by atoms with E-state index in [1.54, 1.807) is 0 Å². The van der Waals surface area contributed by atoms with Crippen molar-refractivity contribution in [3.8, 4) is 0 Å². The molecule has 3 rings (SSSR count). The molecule has 2 N–H and O–H groups in total. The zero-order valence-corrected chi connectivity index (χ0v) is 12.1. The number of nitrogens with one attached hydrogen (secondary N) is 2. The second kappa shape index (κ2) is 5.61. The number of benzene rings is 1. The van der Waals surface area contributed by atoms with Crippen molar-refractivity contribution in [3.63, 3.8) is 0 Å². The average molecular weight is 310 g/mol. The first-order chi connectivity index (χ1) is 10.0. The number of rotatable bonds is 3. The summed E-state index contributed by atoms with van der Waals surface area (Å²) >= 11 is 5.98. The van der Waals surface area contributed by atoms with Crippen molar-refractivity contribution in [1.82, 2.24) is 10.6 Å². The van der Waals surface area contributed by atoms with Gasteiger partial charge < -0.3 is 10.6 Å². The molecule has 2 saturated heterocycles. The fraction of sp³-hybridized carbons (Fsp3) is 0.500. The number of nitrogens with zero attached hydrogens (tertiary/aromatic N) is 1. The minimum atomic E-state index is -0.530. The number of amides is 1. The number of fused-ring (bicyclic) bond motifs is 2. The third-order valence-electron chi connectivity index (χ3n) is 4.22. The first kappa shape index (κ1) is 14.3. The van der Waals surface area contributed by atoms with E-state index in [9.17, 15) is 14.9 Å². The van der Waals surface area contributed by atoms with Crippen molar-refractivity contribution in [3.05, 3.63) is 38.9 Å². The topological polar surface area (TPSA) is 84.3 Å². The van der Waals surface area contributed by atoms with Gasteiger partial charge in [-0.15, -0.1) is 0 Å². The van der Waals surface area contributed by atoms with Crippen molar-refractivity contribution in [2.45, 2.75) is 43.8 Å². The van der Waals surface area contributed by atoms with Crippen LogP contribution in [-0.2, 0) is 0 Å². The van der Waals surface area contributed by atoms with Gasteiger partial charge in [0, 0.05) is 30.3 Å². The second-order valence-corrected chi connectivity index (χ2v) is 6.11. The van der Waals surface area contributed by atoms with Crippen LogP contribution in [0, 0.1) is 10.1 Å². The average Bonchev–Trinajstić information content (AvgIpc) is 2.77. The number of nitro benzene ring substituents is 1. The zero-order valence-electron chi connectivity index (χ0n) is 11.3. The molecular weight excluding hydrogens is 294 g/mol. The summed E-state index contributed by atoms with van der Waals surface area (Å²) in [6.07, 6.45) is 4.17. The number of nitro groups is 1. The van der Waals surface area contributed by atoms with Crippen molar-refractivity contribution in [2.75, 3.05) is 0 Å². The highest BCUT2D eigenvalue weighted by molar-refractivity contribution is 6.34. The van der Waals surface area contributed by atoms with Crippen LogP contribution in [0.4, 0.5) is 5.69 Å². The molecule has 0 radical (unpaired) electrons. The van der Waals surface area contributed by atoms with Gasteiger partial charge in [-0.25, -0.2) is 0 Å². The van der Waals surface area contributed by atoms with Crippen LogP contribution in [0.15, 0.2) is 18.2 Å². The zero-order chi connectivity index (χ0) is 15.0. The smallest absolute Gasteiger partial charge is 0.270 e. The van der Waals surface area contributed by atoms with Crippen LogP contribution in [0.3, 0.4) is 0 Å². The van der Waals surface area contributed by atoms with Gasteiger partial charge in [0.05, 0.1) is 15.5 Å². The highest BCUT2D eigenvalue weighted by Gasteiger charge is 2.34. The highest BCUT2D eigenvalue weighted by atomic mass is 35.5. The Kier molecular flexibility index (Phi) is 3.82. The summed E-state index contributed by atoms with van der Waals surface area (Å²) in [5.74, 6) is -0.263. The molecule has 0 aliphatic carbocycles. The Hall–Kier alpha value is -1.66. The Balaban J connectivity index is 1.69. The number of piperidine rings is 1. The molecule has 2 unspecified atom stereocenters. The summed E-state index contributed by atoms with van der Waals surface area (Å²) in [5.41, 5.74) is 0.171. The fourth-order valence-corrected chi connectivity index (χ4v) is 3.50. The molecule has 21 heavy (non-hydrogen) atoms. The minimum Gasteiger partial charge on any atom is -0.349 e. The molecule has 0 aromatic heterocycles. The standard InChI is InChI=1S/C14H16ClN3O3/c15-13-7-11(18(20)21)3-4-12(13)14(19)17-10-5-8-1-2-9(6-10)16-8/h3-4,7-10,16H,1-2,5-6H2,(H,17,19). The van der Waals surface area contributed by atoms with Gasteiger partial charge in [0.15, 0.2) is 0 Å². The first-order valence-electron chi connectivity index (χ1n) is 7.04. The molecule has 2 fully saturated rings. The number of carbonyl (C=O) groups is 1. The summed E-state index contributed by atoms with van der Waals surface area (Å²) in [6, 6.07) is 5.03. The molecule has 1 aromatic rings. The first-order valence-corrected chi connectivity index (χ1v) is 7.41. The summed E-state index contributed by atoms with van der Waals surface area (Å²) in [7, 11) is 0. The minimum absolute atomic E-state index is 0.110. The normalized spacial score (nSPS) is 27.4. The lowest BCUT2D eigenvalue weighted by Gasteiger charge is -2.29. The van der Waals surface area contributed by atoms with Crippen molar-refractivity contribution in [1.29, 1.82) is 0 Å². The second-order valence-electron chi connectivity index (χ2n) is 5.70. The molecule has 1 amide bonds. The molecule has 7 heteroatoms. The monoisotopic (exact) mass is 309 g/mol. The van der Waals surface area contributed by atoms with Gasteiger partial charge in [-0.2, -0.15) is 0 Å². The van der Waals surface area contributed by atoms with E-state index < -0.39 is 4.92 Å². The highest BCUT2D eigenvalue weighted by Crippen LogP contribution is 2.28. The molecule has 0 spiro atoms. The van der Waals surface area contributed by atoms with Gasteiger partial charge in [0.25, 0.3) is 11.6 Å². The maximum atomic E-state index is 12.3. The lowest BCUT2D eigenvalue weighted by Crippen LogP contribution is -2.48. The van der Waals surface area contributed by atoms with Gasteiger partial charge in [-0.3, -0.25) is 14.9 Å². The molecular formula is C14H16ClN3O3. The van der Waals surface area contributed by atoms with Gasteiger partial charge >= 0.3 is 0 Å². The molecule has 2 heterocycles. The number of hydrogen-bond acceptors (Lipinski definition) is 4. The van der Waals surface area contributed by atoms with Crippen molar-refractivity contribution < 1.29 is 9.72 Å². The maximum absolute atomic E-state index is 12.3. The Labute approximate surface area is 127 Å². The number of non-ortho nitro benzene ring substituents is 1. The van der Waals surface area contributed by atoms with Crippen LogP contribution in [0.2, 0.25) is 5.02 Å². The SMILES string of the molecule is O=C(NC1CC2CCC(C1)N2)c1ccc([N+](=O)[O-])cc1Cl. The summed E-state index contributed by atoms with van der Waals surface area (Å²) < 4.78 is 0. The van der Waals surface area contributed by atoms with Crippen molar-refractivity contribution >= 4 is 23.2 Å². The fourth-order valence-electron chi connectivity index (χ4n) is 3.24. The van der Waals surface area contributed by atoms with Crippen LogP contribution in [0.1, 0.15) is 36.0 Å². The van der Waals surface area contributed by atoms with E-state index in [0.717, 1.165) is 25.7 Å². The Morgan fingerprint density at radius 2 is 2.00 bits per heavy atom. The van der Waals surface area contributed by atoms with E-state index in [1.807, 2.05) is 0 Å². The Bertz CT molecular complexity index is 581. The van der Waals surface area contributed by atoms with E-state index >= 15 is 0 Å². The quantitative estimate of drug-likeness (QED) is 0.662. The van der Waals surface area contributed by atoms with Crippen molar-refractivity contribution in [2.24, 2.45) is 0 Å². The number of hydrogen-bond donors (Lipinski definition) is 2. The predicted octanol–water partition coefficient (Wildman–Crippen LogP) is 2.26. The lowest BCUT2D eigenvalue weighted by atomic mass is 9.99. The van der Waals surface area contributed by atoms with Gasteiger partial charge in [0.1, 0.15) is 0 Å². The maximum Gasteiger partial charge on any atom is 0.270 e. The number of halogens is 1. The van der Waals surface area contributed by atoms with Crippen LogP contribution in [-0.4, -0.2) is 29.0 Å². The molecule has 6 nitrogen and oxygen atoms in total.